The third kappa shape index (κ3) is 4.72. The Kier molecular flexibility index (Phi) is 5.87. The lowest BCUT2D eigenvalue weighted by atomic mass is 10.1. The molecule has 0 aliphatic carbocycles. The zero-order valence-electron chi connectivity index (χ0n) is 17.1. The van der Waals surface area contributed by atoms with Gasteiger partial charge in [-0.05, 0) is 35.7 Å². The molecule has 4 rings (SSSR count). The Hall–Kier alpha value is -3.47. The van der Waals surface area contributed by atoms with E-state index < -0.39 is 51.6 Å². The lowest BCUT2D eigenvalue weighted by Crippen LogP contribution is -2.04. The second-order valence-electron chi connectivity index (χ2n) is 7.21. The number of benzene rings is 4. The van der Waals surface area contributed by atoms with E-state index in [0.717, 1.165) is 24.3 Å². The Bertz CT molecular complexity index is 1880. The van der Waals surface area contributed by atoms with Crippen molar-refractivity contribution in [3.63, 3.8) is 0 Å². The van der Waals surface area contributed by atoms with Crippen LogP contribution in [0.4, 0.5) is 11.4 Å². The van der Waals surface area contributed by atoms with Crippen molar-refractivity contribution in [2.24, 2.45) is 10.2 Å². The van der Waals surface area contributed by atoms with Gasteiger partial charge < -0.3 is 5.11 Å². The fourth-order valence-corrected chi connectivity index (χ4v) is 5.56. The van der Waals surface area contributed by atoms with Crippen molar-refractivity contribution in [3.05, 3.63) is 60.7 Å². The van der Waals surface area contributed by atoms with E-state index in [4.69, 9.17) is 0 Å². The summed E-state index contributed by atoms with van der Waals surface area (Å²) in [4.78, 5) is -2.16. The largest absolute Gasteiger partial charge is 0.506 e. The predicted octanol–water partition coefficient (Wildman–Crippen LogP) is 3.85. The highest BCUT2D eigenvalue weighted by Crippen LogP contribution is 2.41. The van der Waals surface area contributed by atoms with Crippen LogP contribution in [-0.2, 0) is 30.4 Å². The number of aromatic hydroxyl groups is 1. The summed E-state index contributed by atoms with van der Waals surface area (Å²) in [6, 6.07) is 11.9. The van der Waals surface area contributed by atoms with Gasteiger partial charge in [0, 0.05) is 16.2 Å². The topological polar surface area (TPSA) is 208 Å². The summed E-state index contributed by atoms with van der Waals surface area (Å²) in [6.45, 7) is 0. The summed E-state index contributed by atoms with van der Waals surface area (Å²) in [5, 5.41) is 18.1. The zero-order valence-corrected chi connectivity index (χ0v) is 19.6. The Morgan fingerprint density at radius 1 is 0.629 bits per heavy atom. The van der Waals surface area contributed by atoms with E-state index in [1.807, 2.05) is 0 Å². The van der Waals surface area contributed by atoms with Crippen LogP contribution in [0, 0.1) is 0 Å². The molecule has 0 bridgehead atoms. The smallest absolute Gasteiger partial charge is 0.295 e. The van der Waals surface area contributed by atoms with E-state index in [9.17, 15) is 44.0 Å². The summed E-state index contributed by atoms with van der Waals surface area (Å²) in [6.07, 6.45) is 0. The normalized spacial score (nSPS) is 13.1. The molecule has 0 unspecified atom stereocenters. The second-order valence-corrected chi connectivity index (χ2v) is 11.4. The Morgan fingerprint density at radius 3 is 1.86 bits per heavy atom. The number of rotatable bonds is 5. The van der Waals surface area contributed by atoms with Crippen LogP contribution < -0.4 is 0 Å². The minimum atomic E-state index is -5.07. The van der Waals surface area contributed by atoms with Gasteiger partial charge in [0.1, 0.15) is 21.2 Å². The molecular weight excluding hydrogens is 524 g/mol. The van der Waals surface area contributed by atoms with Gasteiger partial charge in [0.05, 0.1) is 10.6 Å². The second kappa shape index (κ2) is 8.33. The average molecular weight is 539 g/mol. The maximum absolute atomic E-state index is 12.0. The monoisotopic (exact) mass is 538 g/mol. The van der Waals surface area contributed by atoms with Crippen molar-refractivity contribution in [2.75, 3.05) is 0 Å². The molecule has 0 saturated carbocycles. The molecule has 0 fully saturated rings. The third-order valence-corrected chi connectivity index (χ3v) is 7.60. The van der Waals surface area contributed by atoms with Crippen LogP contribution in [-0.4, -0.2) is 44.0 Å². The summed E-state index contributed by atoms with van der Waals surface area (Å²) < 4.78 is 99.0. The molecule has 4 aromatic carbocycles. The van der Waals surface area contributed by atoms with Crippen molar-refractivity contribution in [1.82, 2.24) is 0 Å². The molecule has 0 heterocycles. The maximum Gasteiger partial charge on any atom is 0.295 e. The van der Waals surface area contributed by atoms with Gasteiger partial charge in [-0.25, -0.2) is 0 Å². The van der Waals surface area contributed by atoms with Crippen molar-refractivity contribution >= 4 is 63.3 Å². The number of fused-ring (bicyclic) bond motifs is 2. The van der Waals surface area contributed by atoms with Crippen molar-refractivity contribution in [3.8, 4) is 5.75 Å². The summed E-state index contributed by atoms with van der Waals surface area (Å²) in [5.41, 5.74) is -0.382. The molecule has 0 radical (unpaired) electrons. The first kappa shape index (κ1) is 24.6. The lowest BCUT2D eigenvalue weighted by molar-refractivity contribution is 0.476. The van der Waals surface area contributed by atoms with Gasteiger partial charge in [-0.3, -0.25) is 13.7 Å². The molecule has 35 heavy (non-hydrogen) atoms. The predicted molar refractivity (Wildman–Crippen MR) is 123 cm³/mol. The minimum Gasteiger partial charge on any atom is -0.506 e. The van der Waals surface area contributed by atoms with Crippen LogP contribution in [0.15, 0.2) is 85.6 Å². The first-order valence-corrected chi connectivity index (χ1v) is 13.7. The Balaban J connectivity index is 2.02. The SMILES string of the molecule is O=S(=O)(O)c1cc(S(=O)(=O)O)c2c(/N=N/c3ccc(S(=O)(=O)O)c4ccccc34)c(O)ccc2c1. The number of azo groups is 1. The first-order chi connectivity index (χ1) is 16.2. The van der Waals surface area contributed by atoms with Crippen LogP contribution in [0.2, 0.25) is 0 Å². The molecule has 12 nitrogen and oxygen atoms in total. The van der Waals surface area contributed by atoms with E-state index in [-0.39, 0.29) is 32.1 Å². The standard InChI is InChI=1S/C20H14N2O10S3/c23-16-7-5-11-9-12(33(24,25)26)10-18(35(30,31)32)19(11)20(16)22-21-15-6-8-17(34(27,28)29)14-4-2-1-3-13(14)15/h1-10,23H,(H,24,25,26)(H,27,28,29)(H,30,31,32)/b22-21+. The van der Waals surface area contributed by atoms with E-state index >= 15 is 0 Å². The Morgan fingerprint density at radius 2 is 1.26 bits per heavy atom. The molecule has 0 saturated heterocycles. The van der Waals surface area contributed by atoms with E-state index in [2.05, 4.69) is 10.2 Å². The molecule has 0 aliphatic heterocycles. The molecule has 182 valence electrons. The molecule has 0 atom stereocenters. The van der Waals surface area contributed by atoms with Crippen molar-refractivity contribution < 1.29 is 44.0 Å². The molecule has 0 spiro atoms. The molecule has 0 aliphatic rings. The summed E-state index contributed by atoms with van der Waals surface area (Å²) in [5.74, 6) is -0.579. The number of hydrogen-bond acceptors (Lipinski definition) is 9. The number of phenols is 1. The van der Waals surface area contributed by atoms with Crippen LogP contribution in [0.3, 0.4) is 0 Å². The van der Waals surface area contributed by atoms with Crippen LogP contribution >= 0.6 is 0 Å². The molecule has 15 heteroatoms. The van der Waals surface area contributed by atoms with Gasteiger partial charge in [0.25, 0.3) is 30.4 Å². The van der Waals surface area contributed by atoms with E-state index in [1.54, 1.807) is 6.07 Å². The molecule has 4 N–H and O–H groups in total. The van der Waals surface area contributed by atoms with Gasteiger partial charge in [-0.2, -0.15) is 25.3 Å². The molecule has 4 aromatic rings. The van der Waals surface area contributed by atoms with Gasteiger partial charge >= 0.3 is 0 Å². The van der Waals surface area contributed by atoms with E-state index in [1.165, 1.54) is 24.3 Å². The van der Waals surface area contributed by atoms with Crippen molar-refractivity contribution in [1.29, 1.82) is 0 Å². The minimum absolute atomic E-state index is 0.0763. The number of nitrogens with zero attached hydrogens (tertiary/aromatic N) is 2. The quantitative estimate of drug-likeness (QED) is 0.213. The van der Waals surface area contributed by atoms with Crippen molar-refractivity contribution in [2.45, 2.75) is 14.7 Å². The van der Waals surface area contributed by atoms with Gasteiger partial charge in [0.15, 0.2) is 0 Å². The highest BCUT2D eigenvalue weighted by atomic mass is 32.2. The number of hydrogen-bond donors (Lipinski definition) is 4. The van der Waals surface area contributed by atoms with Gasteiger partial charge in [-0.15, -0.1) is 10.2 Å². The Labute approximate surface area is 198 Å². The zero-order chi connectivity index (χ0) is 25.8. The van der Waals surface area contributed by atoms with Crippen LogP contribution in [0.25, 0.3) is 21.5 Å². The van der Waals surface area contributed by atoms with Crippen LogP contribution in [0.5, 0.6) is 5.75 Å². The van der Waals surface area contributed by atoms with E-state index in [0.29, 0.717) is 6.07 Å². The fourth-order valence-electron chi connectivity index (χ4n) is 3.50. The molecular formula is C20H14N2O10S3. The lowest BCUT2D eigenvalue weighted by Gasteiger charge is -2.10. The van der Waals surface area contributed by atoms with Gasteiger partial charge in [0.2, 0.25) is 0 Å². The first-order valence-electron chi connectivity index (χ1n) is 9.33. The highest BCUT2D eigenvalue weighted by molar-refractivity contribution is 7.87. The molecule has 0 aromatic heterocycles. The fraction of sp³-hybridized carbons (Fsp3) is 0. The van der Waals surface area contributed by atoms with Gasteiger partial charge in [-0.1, -0.05) is 30.3 Å². The average Bonchev–Trinajstić information content (AvgIpc) is 2.75. The molecule has 0 amide bonds. The van der Waals surface area contributed by atoms with Crippen LogP contribution in [0.1, 0.15) is 0 Å². The number of phenolic OH excluding ortho intramolecular Hbond substituents is 1. The summed E-state index contributed by atoms with van der Waals surface area (Å²) >= 11 is 0. The summed E-state index contributed by atoms with van der Waals surface area (Å²) in [7, 11) is -14.5. The highest BCUT2D eigenvalue weighted by Gasteiger charge is 2.24. The third-order valence-electron chi connectivity index (χ3n) is 4.98. The maximum atomic E-state index is 12.0.